The van der Waals surface area contributed by atoms with Crippen molar-refractivity contribution in [2.75, 3.05) is 0 Å². The number of amides is 1. The summed E-state index contributed by atoms with van der Waals surface area (Å²) in [7, 11) is 0. The first-order chi connectivity index (χ1) is 15.9. The number of hydrogen-bond acceptors (Lipinski definition) is 6. The Bertz CT molecular complexity index is 1280. The minimum Gasteiger partial charge on any atom is -0.453 e. The van der Waals surface area contributed by atoms with Crippen molar-refractivity contribution in [3.8, 4) is 5.75 Å². The van der Waals surface area contributed by atoms with E-state index in [9.17, 15) is 22.8 Å². The summed E-state index contributed by atoms with van der Waals surface area (Å²) >= 11 is 1.20. The molecule has 0 radical (unpaired) electrons. The SMILES string of the molecule is CCCCn1/c(=N/C(=O)c2cc(OC(C)(C)OC(C)=O)ccc2C(F)(F)F)sc2ccncc21. The van der Waals surface area contributed by atoms with Crippen molar-refractivity contribution in [3.05, 3.63) is 52.6 Å². The van der Waals surface area contributed by atoms with E-state index < -0.39 is 35.0 Å². The third-order valence-corrected chi connectivity index (χ3v) is 5.76. The maximum absolute atomic E-state index is 13.7. The zero-order valence-electron chi connectivity index (χ0n) is 19.1. The number of carbonyl (C=O) groups is 2. The van der Waals surface area contributed by atoms with Gasteiger partial charge in [-0.25, -0.2) is 0 Å². The molecule has 0 aliphatic carbocycles. The Morgan fingerprint density at radius 2 is 1.94 bits per heavy atom. The summed E-state index contributed by atoms with van der Waals surface area (Å²) in [6, 6.07) is 4.54. The van der Waals surface area contributed by atoms with Crippen molar-refractivity contribution >= 4 is 33.4 Å². The number of rotatable bonds is 7. The molecule has 0 spiro atoms. The molecule has 0 N–H and O–H groups in total. The van der Waals surface area contributed by atoms with Gasteiger partial charge in [-0.05, 0) is 30.7 Å². The molecule has 2 heterocycles. The molecular formula is C23H24F3N3O4S. The highest BCUT2D eigenvalue weighted by atomic mass is 32.1. The number of thiazole rings is 1. The monoisotopic (exact) mass is 495 g/mol. The van der Waals surface area contributed by atoms with Crippen molar-refractivity contribution in [2.45, 2.75) is 59.0 Å². The van der Waals surface area contributed by atoms with Crippen molar-refractivity contribution in [2.24, 2.45) is 4.99 Å². The normalized spacial score (nSPS) is 12.7. The molecule has 3 rings (SSSR count). The van der Waals surface area contributed by atoms with E-state index in [4.69, 9.17) is 9.47 Å². The average molecular weight is 496 g/mol. The van der Waals surface area contributed by atoms with Crippen molar-refractivity contribution in [3.63, 3.8) is 0 Å². The third kappa shape index (κ3) is 6.02. The van der Waals surface area contributed by atoms with Crippen LogP contribution in [0, 0.1) is 0 Å². The number of hydrogen-bond donors (Lipinski definition) is 0. The molecule has 0 saturated carbocycles. The summed E-state index contributed by atoms with van der Waals surface area (Å²) in [5, 5.41) is 0. The van der Waals surface area contributed by atoms with Crippen LogP contribution in [0.25, 0.3) is 10.2 Å². The molecule has 7 nitrogen and oxygen atoms in total. The second kappa shape index (κ2) is 9.96. The number of benzene rings is 1. The molecule has 0 fully saturated rings. The number of carbonyl (C=O) groups excluding carboxylic acids is 2. The summed E-state index contributed by atoms with van der Waals surface area (Å²) in [4.78, 5) is 32.8. The molecule has 0 unspecified atom stereocenters. The van der Waals surface area contributed by atoms with Crippen LogP contribution in [-0.2, 0) is 22.3 Å². The summed E-state index contributed by atoms with van der Waals surface area (Å²) in [5.74, 6) is -3.21. The predicted octanol–water partition coefficient (Wildman–Crippen LogP) is 5.34. The number of unbranched alkanes of at least 4 members (excludes halogenated alkanes) is 1. The topological polar surface area (TPSA) is 82.8 Å². The number of nitrogens with zero attached hydrogens (tertiary/aromatic N) is 3. The van der Waals surface area contributed by atoms with Crippen LogP contribution in [0.1, 0.15) is 56.5 Å². The van der Waals surface area contributed by atoms with Crippen LogP contribution in [-0.4, -0.2) is 27.2 Å². The number of ether oxygens (including phenoxy) is 2. The fourth-order valence-corrected chi connectivity index (χ4v) is 4.36. The zero-order chi connectivity index (χ0) is 25.1. The van der Waals surface area contributed by atoms with Gasteiger partial charge in [0, 0.05) is 33.5 Å². The lowest BCUT2D eigenvalue weighted by Gasteiger charge is -2.26. The van der Waals surface area contributed by atoms with Crippen molar-refractivity contribution in [1.29, 1.82) is 0 Å². The van der Waals surface area contributed by atoms with Crippen LogP contribution in [0.4, 0.5) is 13.2 Å². The van der Waals surface area contributed by atoms with Crippen LogP contribution in [0.15, 0.2) is 41.7 Å². The van der Waals surface area contributed by atoms with Gasteiger partial charge in [0.15, 0.2) is 4.80 Å². The van der Waals surface area contributed by atoms with Gasteiger partial charge in [0.1, 0.15) is 5.75 Å². The maximum Gasteiger partial charge on any atom is 0.417 e. The van der Waals surface area contributed by atoms with Crippen LogP contribution in [0.3, 0.4) is 0 Å². The minimum atomic E-state index is -4.79. The van der Waals surface area contributed by atoms with Gasteiger partial charge in [0.05, 0.1) is 27.5 Å². The number of pyridine rings is 1. The smallest absolute Gasteiger partial charge is 0.417 e. The van der Waals surface area contributed by atoms with E-state index in [2.05, 4.69) is 9.98 Å². The Morgan fingerprint density at radius 1 is 1.21 bits per heavy atom. The summed E-state index contributed by atoms with van der Waals surface area (Å²) in [6.45, 7) is 6.59. The standard InChI is InChI=1S/C23H24F3N3O4S/c1-5-6-11-29-18-13-27-10-9-19(18)34-21(29)28-20(31)16-12-15(7-8-17(16)23(24,25)26)33-22(3,4)32-14(2)30/h7-10,12-13H,5-6,11H2,1-4H3/b28-21-. The van der Waals surface area contributed by atoms with Gasteiger partial charge in [-0.3, -0.25) is 14.6 Å². The number of fused-ring (bicyclic) bond motifs is 1. The first kappa shape index (κ1) is 25.4. The second-order valence-corrected chi connectivity index (χ2v) is 8.96. The highest BCUT2D eigenvalue weighted by Gasteiger charge is 2.36. The fourth-order valence-electron chi connectivity index (χ4n) is 3.34. The Hall–Kier alpha value is -3.21. The molecule has 2 aromatic heterocycles. The van der Waals surface area contributed by atoms with Crippen LogP contribution < -0.4 is 9.54 Å². The predicted molar refractivity (Wildman–Crippen MR) is 120 cm³/mol. The average Bonchev–Trinajstić information content (AvgIpc) is 3.06. The van der Waals surface area contributed by atoms with Crippen LogP contribution in [0.5, 0.6) is 5.75 Å². The van der Waals surface area contributed by atoms with Crippen molar-refractivity contribution < 1.29 is 32.2 Å². The lowest BCUT2D eigenvalue weighted by Crippen LogP contribution is -2.33. The molecule has 0 aliphatic heterocycles. The molecule has 0 atom stereocenters. The molecule has 0 aliphatic rings. The quantitative estimate of drug-likeness (QED) is 0.327. The Kier molecular flexibility index (Phi) is 7.44. The van der Waals surface area contributed by atoms with E-state index in [-0.39, 0.29) is 10.6 Å². The van der Waals surface area contributed by atoms with Gasteiger partial charge in [0.25, 0.3) is 5.91 Å². The summed E-state index contributed by atoms with van der Waals surface area (Å²) in [6.07, 6.45) is 0.130. The van der Waals surface area contributed by atoms with Crippen molar-refractivity contribution in [1.82, 2.24) is 9.55 Å². The van der Waals surface area contributed by atoms with Gasteiger partial charge in [-0.1, -0.05) is 24.7 Å². The maximum atomic E-state index is 13.7. The first-order valence-corrected chi connectivity index (χ1v) is 11.3. The van der Waals surface area contributed by atoms with E-state index >= 15 is 0 Å². The largest absolute Gasteiger partial charge is 0.453 e. The summed E-state index contributed by atoms with van der Waals surface area (Å²) in [5.41, 5.74) is -1.05. The Balaban J connectivity index is 2.10. The molecule has 34 heavy (non-hydrogen) atoms. The number of halogens is 3. The van der Waals surface area contributed by atoms with E-state index in [1.165, 1.54) is 32.1 Å². The van der Waals surface area contributed by atoms with Crippen LogP contribution in [0.2, 0.25) is 0 Å². The number of aryl methyl sites for hydroxylation is 1. The molecule has 182 valence electrons. The molecule has 3 aromatic rings. The highest BCUT2D eigenvalue weighted by molar-refractivity contribution is 7.16. The second-order valence-electron chi connectivity index (χ2n) is 7.95. The van der Waals surface area contributed by atoms with Crippen LogP contribution >= 0.6 is 11.3 Å². The van der Waals surface area contributed by atoms with Gasteiger partial charge in [-0.15, -0.1) is 0 Å². The van der Waals surface area contributed by atoms with E-state index in [0.29, 0.717) is 6.54 Å². The third-order valence-electron chi connectivity index (χ3n) is 4.70. The minimum absolute atomic E-state index is 0.0720. The fraction of sp³-hybridized carbons (Fsp3) is 0.391. The first-order valence-electron chi connectivity index (χ1n) is 10.5. The van der Waals surface area contributed by atoms with Gasteiger partial charge in [-0.2, -0.15) is 18.2 Å². The van der Waals surface area contributed by atoms with E-state index in [1.54, 1.807) is 23.0 Å². The molecular weight excluding hydrogens is 471 g/mol. The van der Waals surface area contributed by atoms with Gasteiger partial charge < -0.3 is 14.0 Å². The molecule has 0 saturated heterocycles. The Labute approximate surface area is 197 Å². The molecule has 1 aromatic carbocycles. The lowest BCUT2D eigenvalue weighted by molar-refractivity contribution is -0.183. The Morgan fingerprint density at radius 3 is 2.59 bits per heavy atom. The number of aromatic nitrogens is 2. The number of alkyl halides is 3. The summed E-state index contributed by atoms with van der Waals surface area (Å²) < 4.78 is 54.2. The van der Waals surface area contributed by atoms with Gasteiger partial charge >= 0.3 is 12.1 Å². The lowest BCUT2D eigenvalue weighted by atomic mass is 10.1. The molecule has 11 heteroatoms. The highest BCUT2D eigenvalue weighted by Crippen LogP contribution is 2.35. The van der Waals surface area contributed by atoms with E-state index in [1.807, 2.05) is 6.92 Å². The number of esters is 1. The zero-order valence-corrected chi connectivity index (χ0v) is 19.9. The van der Waals surface area contributed by atoms with Gasteiger partial charge in [0.2, 0.25) is 5.79 Å². The molecule has 1 amide bonds. The van der Waals surface area contributed by atoms with E-state index in [0.717, 1.165) is 41.3 Å². The molecule has 0 bridgehead atoms.